The summed E-state index contributed by atoms with van der Waals surface area (Å²) in [6, 6.07) is 0. The minimum absolute atomic E-state index is 0.0769. The number of rotatable bonds is 8. The Morgan fingerprint density at radius 1 is 1.12 bits per heavy atom. The molecule has 0 atom stereocenters. The van der Waals surface area contributed by atoms with E-state index in [4.69, 9.17) is 14.2 Å². The maximum atomic E-state index is 5.89. The van der Waals surface area contributed by atoms with Crippen LogP contribution in [0, 0.1) is 0 Å². The second-order valence-corrected chi connectivity index (χ2v) is 7.30. The van der Waals surface area contributed by atoms with Crippen LogP contribution in [-0.2, 0) is 14.2 Å². The maximum Gasteiger partial charge on any atom is 0.191 e. The van der Waals surface area contributed by atoms with Gasteiger partial charge in [-0.1, -0.05) is 0 Å². The summed E-state index contributed by atoms with van der Waals surface area (Å²) in [5.41, 5.74) is 0.0769. The number of hydrogen-bond donors (Lipinski definition) is 2. The number of hydrogen-bond acceptors (Lipinski definition) is 5. The summed E-state index contributed by atoms with van der Waals surface area (Å²) in [6.45, 7) is 12.3. The summed E-state index contributed by atoms with van der Waals surface area (Å²) >= 11 is 0. The van der Waals surface area contributed by atoms with Gasteiger partial charge >= 0.3 is 0 Å². The van der Waals surface area contributed by atoms with Gasteiger partial charge in [0.1, 0.15) is 0 Å². The van der Waals surface area contributed by atoms with Gasteiger partial charge in [-0.05, 0) is 33.1 Å². The van der Waals surface area contributed by atoms with Crippen LogP contribution in [0.3, 0.4) is 0 Å². The summed E-state index contributed by atoms with van der Waals surface area (Å²) in [5.74, 6) is 0.854. The Bertz CT molecular complexity index is 392. The highest BCUT2D eigenvalue weighted by Crippen LogP contribution is 2.15. The van der Waals surface area contributed by atoms with Crippen LogP contribution < -0.4 is 10.6 Å². The number of ether oxygens (including phenoxy) is 3. The lowest BCUT2D eigenvalue weighted by molar-refractivity contribution is -0.0320. The standard InChI is InChI=1S/C18H36N4O3/c1-18(2,22-8-13-24-14-9-22)15-21-17(19-3)20-7-4-10-25-16-5-11-23-12-6-16/h16H,4-15H2,1-3H3,(H2,19,20,21). The highest BCUT2D eigenvalue weighted by Gasteiger charge is 2.28. The predicted octanol–water partition coefficient (Wildman–Crippen LogP) is 0.848. The van der Waals surface area contributed by atoms with E-state index in [1.807, 2.05) is 7.05 Å². The molecule has 0 aromatic heterocycles. The molecule has 0 spiro atoms. The van der Waals surface area contributed by atoms with Gasteiger partial charge in [-0.15, -0.1) is 0 Å². The normalized spacial score (nSPS) is 21.3. The SMILES string of the molecule is CN=C(NCCCOC1CCOCC1)NCC(C)(C)N1CCOCC1. The van der Waals surface area contributed by atoms with Crippen LogP contribution in [0.4, 0.5) is 0 Å². The van der Waals surface area contributed by atoms with Gasteiger partial charge in [-0.3, -0.25) is 9.89 Å². The Labute approximate surface area is 152 Å². The third-order valence-electron chi connectivity index (χ3n) is 4.91. The van der Waals surface area contributed by atoms with Crippen molar-refractivity contribution >= 4 is 5.96 Å². The third kappa shape index (κ3) is 7.48. The minimum Gasteiger partial charge on any atom is -0.381 e. The molecule has 2 N–H and O–H groups in total. The van der Waals surface area contributed by atoms with Crippen molar-refractivity contribution in [2.75, 3.05) is 66.3 Å². The van der Waals surface area contributed by atoms with Gasteiger partial charge in [-0.25, -0.2) is 0 Å². The number of nitrogens with one attached hydrogen (secondary N) is 2. The molecular formula is C18H36N4O3. The second kappa shape index (κ2) is 11.0. The lowest BCUT2D eigenvalue weighted by atomic mass is 10.0. The molecule has 0 aromatic rings. The van der Waals surface area contributed by atoms with Crippen LogP contribution in [0.15, 0.2) is 4.99 Å². The molecule has 25 heavy (non-hydrogen) atoms. The molecule has 2 rings (SSSR count). The van der Waals surface area contributed by atoms with Crippen LogP contribution in [-0.4, -0.2) is 88.8 Å². The Morgan fingerprint density at radius 3 is 2.48 bits per heavy atom. The van der Waals surface area contributed by atoms with Gasteiger partial charge in [0, 0.05) is 58.6 Å². The topological polar surface area (TPSA) is 67.4 Å². The zero-order valence-electron chi connectivity index (χ0n) is 16.2. The molecule has 2 aliphatic heterocycles. The molecule has 0 radical (unpaired) electrons. The van der Waals surface area contributed by atoms with Crippen molar-refractivity contribution in [1.82, 2.24) is 15.5 Å². The Morgan fingerprint density at radius 2 is 1.80 bits per heavy atom. The Kier molecular flexibility index (Phi) is 8.95. The molecule has 7 nitrogen and oxygen atoms in total. The first kappa shape index (κ1) is 20.4. The predicted molar refractivity (Wildman–Crippen MR) is 100 cm³/mol. The van der Waals surface area contributed by atoms with Crippen LogP contribution in [0.25, 0.3) is 0 Å². The highest BCUT2D eigenvalue weighted by molar-refractivity contribution is 5.79. The summed E-state index contributed by atoms with van der Waals surface area (Å²) < 4.78 is 16.7. The molecule has 0 amide bonds. The smallest absolute Gasteiger partial charge is 0.191 e. The molecule has 0 aliphatic carbocycles. The lowest BCUT2D eigenvalue weighted by Gasteiger charge is -2.41. The van der Waals surface area contributed by atoms with Crippen molar-refractivity contribution in [2.24, 2.45) is 4.99 Å². The number of aliphatic imine (C=N–C) groups is 1. The second-order valence-electron chi connectivity index (χ2n) is 7.30. The van der Waals surface area contributed by atoms with E-state index in [1.165, 1.54) is 0 Å². The van der Waals surface area contributed by atoms with E-state index in [9.17, 15) is 0 Å². The van der Waals surface area contributed by atoms with E-state index >= 15 is 0 Å². The Hall–Kier alpha value is -0.890. The van der Waals surface area contributed by atoms with E-state index in [0.717, 1.165) is 84.4 Å². The van der Waals surface area contributed by atoms with Crippen molar-refractivity contribution in [3.63, 3.8) is 0 Å². The summed E-state index contributed by atoms with van der Waals surface area (Å²) in [5, 5.41) is 6.82. The van der Waals surface area contributed by atoms with Crippen LogP contribution in [0.5, 0.6) is 0 Å². The summed E-state index contributed by atoms with van der Waals surface area (Å²) in [7, 11) is 1.82. The molecule has 0 bridgehead atoms. The molecule has 0 unspecified atom stereocenters. The van der Waals surface area contributed by atoms with Gasteiger partial charge < -0.3 is 24.8 Å². The van der Waals surface area contributed by atoms with E-state index in [2.05, 4.69) is 34.4 Å². The lowest BCUT2D eigenvalue weighted by Crippen LogP contribution is -2.56. The molecule has 2 aliphatic rings. The fraction of sp³-hybridized carbons (Fsp3) is 0.944. The van der Waals surface area contributed by atoms with Crippen molar-refractivity contribution in [1.29, 1.82) is 0 Å². The Balaban J connectivity index is 1.58. The highest BCUT2D eigenvalue weighted by atomic mass is 16.5. The van der Waals surface area contributed by atoms with Gasteiger partial charge in [-0.2, -0.15) is 0 Å². The van der Waals surface area contributed by atoms with Gasteiger partial charge in [0.15, 0.2) is 5.96 Å². The summed E-state index contributed by atoms with van der Waals surface area (Å²) in [6.07, 6.45) is 3.39. The van der Waals surface area contributed by atoms with Crippen molar-refractivity contribution in [3.8, 4) is 0 Å². The van der Waals surface area contributed by atoms with E-state index < -0.39 is 0 Å². The zero-order chi connectivity index (χ0) is 18.0. The average Bonchev–Trinajstić information content (AvgIpc) is 2.65. The fourth-order valence-electron chi connectivity index (χ4n) is 3.17. The van der Waals surface area contributed by atoms with E-state index in [0.29, 0.717) is 6.10 Å². The van der Waals surface area contributed by atoms with Gasteiger partial charge in [0.05, 0.1) is 19.3 Å². The molecule has 146 valence electrons. The van der Waals surface area contributed by atoms with Crippen LogP contribution >= 0.6 is 0 Å². The number of nitrogens with zero attached hydrogens (tertiary/aromatic N) is 2. The van der Waals surface area contributed by atoms with Crippen molar-refractivity contribution in [2.45, 2.75) is 44.8 Å². The van der Waals surface area contributed by atoms with Crippen molar-refractivity contribution < 1.29 is 14.2 Å². The minimum atomic E-state index is 0.0769. The van der Waals surface area contributed by atoms with Crippen LogP contribution in [0.1, 0.15) is 33.1 Å². The molecule has 7 heteroatoms. The monoisotopic (exact) mass is 356 g/mol. The first-order valence-electron chi connectivity index (χ1n) is 9.58. The van der Waals surface area contributed by atoms with Crippen LogP contribution in [0.2, 0.25) is 0 Å². The maximum absolute atomic E-state index is 5.89. The molecule has 0 aromatic carbocycles. The quantitative estimate of drug-likeness (QED) is 0.382. The van der Waals surface area contributed by atoms with E-state index in [-0.39, 0.29) is 5.54 Å². The molecule has 2 heterocycles. The summed E-state index contributed by atoms with van der Waals surface area (Å²) in [4.78, 5) is 6.79. The first-order valence-corrected chi connectivity index (χ1v) is 9.58. The molecule has 2 saturated heterocycles. The molecular weight excluding hydrogens is 320 g/mol. The average molecular weight is 357 g/mol. The zero-order valence-corrected chi connectivity index (χ0v) is 16.2. The first-order chi connectivity index (χ1) is 12.1. The molecule has 0 saturated carbocycles. The van der Waals surface area contributed by atoms with Crippen molar-refractivity contribution in [3.05, 3.63) is 0 Å². The van der Waals surface area contributed by atoms with E-state index in [1.54, 1.807) is 0 Å². The van der Waals surface area contributed by atoms with Gasteiger partial charge in [0.2, 0.25) is 0 Å². The largest absolute Gasteiger partial charge is 0.381 e. The molecule has 2 fully saturated rings. The van der Waals surface area contributed by atoms with Gasteiger partial charge in [0.25, 0.3) is 0 Å². The number of guanidine groups is 1. The third-order valence-corrected chi connectivity index (χ3v) is 4.91. The number of morpholine rings is 1. The fourth-order valence-corrected chi connectivity index (χ4v) is 3.17.